The van der Waals surface area contributed by atoms with Gasteiger partial charge < -0.3 is 10.2 Å². The summed E-state index contributed by atoms with van der Waals surface area (Å²) < 4.78 is 2.47. The fourth-order valence-electron chi connectivity index (χ4n) is 4.74. The van der Waals surface area contributed by atoms with Gasteiger partial charge in [-0.2, -0.15) is 0 Å². The number of piperidine rings is 3. The lowest BCUT2D eigenvalue weighted by Crippen LogP contribution is -2.64. The predicted molar refractivity (Wildman–Crippen MR) is 87.1 cm³/mol. The van der Waals surface area contributed by atoms with Gasteiger partial charge >= 0.3 is 0 Å². The Bertz CT molecular complexity index is 648. The van der Waals surface area contributed by atoms with Crippen molar-refractivity contribution in [2.45, 2.75) is 18.9 Å². The van der Waals surface area contributed by atoms with Gasteiger partial charge in [-0.1, -0.05) is 0 Å². The fourth-order valence-corrected chi connectivity index (χ4v) is 6.76. The van der Waals surface area contributed by atoms with E-state index in [2.05, 4.69) is 27.7 Å². The molecular weight excluding hydrogens is 300 g/mol. The summed E-state index contributed by atoms with van der Waals surface area (Å²) in [7, 11) is 0. The van der Waals surface area contributed by atoms with Gasteiger partial charge in [0.25, 0.3) is 5.91 Å². The number of hydrogen-bond acceptors (Lipinski definition) is 4. The van der Waals surface area contributed by atoms with Crippen molar-refractivity contribution in [2.24, 2.45) is 17.8 Å². The lowest BCUT2D eigenvalue weighted by Gasteiger charge is -2.55. The molecule has 2 aromatic heterocycles. The minimum atomic E-state index is 0.149. The van der Waals surface area contributed by atoms with E-state index in [9.17, 15) is 4.79 Å². The first-order valence-electron chi connectivity index (χ1n) is 7.76. The van der Waals surface area contributed by atoms with Crippen molar-refractivity contribution < 1.29 is 4.79 Å². The van der Waals surface area contributed by atoms with Crippen molar-refractivity contribution in [2.75, 3.05) is 19.6 Å². The van der Waals surface area contributed by atoms with Gasteiger partial charge in [0.15, 0.2) is 0 Å². The predicted octanol–water partition coefficient (Wildman–Crippen LogP) is 3.03. The fraction of sp³-hybridized carbons (Fsp3) is 0.562. The molecule has 4 bridgehead atoms. The van der Waals surface area contributed by atoms with E-state index in [0.717, 1.165) is 10.8 Å². The van der Waals surface area contributed by atoms with E-state index in [1.165, 1.54) is 41.9 Å². The van der Waals surface area contributed by atoms with E-state index in [-0.39, 0.29) is 5.91 Å². The van der Waals surface area contributed by atoms with Crippen molar-refractivity contribution >= 4 is 38.0 Å². The summed E-state index contributed by atoms with van der Waals surface area (Å²) in [6.45, 7) is 3.68. The SMILES string of the molecule is O=C(NC1C2CC3CC1CN(C3)C2)c1cc2sccc2s1. The molecule has 0 spiro atoms. The Labute approximate surface area is 131 Å². The normalized spacial score (nSPS) is 37.2. The summed E-state index contributed by atoms with van der Waals surface area (Å²) in [4.78, 5) is 16.1. The Morgan fingerprint density at radius 1 is 1.19 bits per heavy atom. The molecule has 3 aliphatic heterocycles. The molecule has 110 valence electrons. The smallest absolute Gasteiger partial charge is 0.261 e. The molecule has 4 aliphatic rings. The van der Waals surface area contributed by atoms with Crippen LogP contribution in [-0.2, 0) is 0 Å². The topological polar surface area (TPSA) is 32.3 Å². The average Bonchev–Trinajstić information content (AvgIpc) is 3.02. The van der Waals surface area contributed by atoms with Crippen molar-refractivity contribution in [3.05, 3.63) is 22.4 Å². The van der Waals surface area contributed by atoms with Crippen LogP contribution in [0.25, 0.3) is 9.40 Å². The third-order valence-corrected chi connectivity index (χ3v) is 7.54. The number of nitrogens with one attached hydrogen (secondary N) is 1. The maximum absolute atomic E-state index is 12.6. The van der Waals surface area contributed by atoms with Gasteiger partial charge in [-0.15, -0.1) is 22.7 Å². The van der Waals surface area contributed by atoms with Crippen LogP contribution in [0.1, 0.15) is 22.5 Å². The maximum Gasteiger partial charge on any atom is 0.261 e. The first kappa shape index (κ1) is 12.6. The summed E-state index contributed by atoms with van der Waals surface area (Å²) in [6.07, 6.45) is 2.63. The van der Waals surface area contributed by atoms with Gasteiger partial charge in [0, 0.05) is 35.1 Å². The van der Waals surface area contributed by atoms with Crippen LogP contribution in [0.3, 0.4) is 0 Å². The number of nitrogens with zero attached hydrogens (tertiary/aromatic N) is 1. The standard InChI is InChI=1S/C16H18N2OS2/c19-16(14-5-13-12(21-14)1-2-20-13)17-15-10-3-9-4-11(15)8-18(6-9)7-10/h1-2,5,9-11,15H,3-4,6-8H2,(H,17,19). The molecule has 3 nitrogen and oxygen atoms in total. The molecular formula is C16H18N2OS2. The van der Waals surface area contributed by atoms with Crippen LogP contribution >= 0.6 is 22.7 Å². The third-order valence-electron chi connectivity index (χ3n) is 5.45. The molecule has 1 aliphatic carbocycles. The van der Waals surface area contributed by atoms with Gasteiger partial charge in [-0.25, -0.2) is 0 Å². The zero-order valence-electron chi connectivity index (χ0n) is 11.7. The zero-order valence-corrected chi connectivity index (χ0v) is 13.4. The second-order valence-electron chi connectivity index (χ2n) is 6.84. The van der Waals surface area contributed by atoms with E-state index in [1.54, 1.807) is 22.7 Å². The summed E-state index contributed by atoms with van der Waals surface area (Å²) in [5, 5.41) is 5.47. The second-order valence-corrected chi connectivity index (χ2v) is 8.87. The Kier molecular flexibility index (Phi) is 2.73. The molecule has 3 saturated heterocycles. The van der Waals surface area contributed by atoms with E-state index >= 15 is 0 Å². The Morgan fingerprint density at radius 3 is 2.71 bits per heavy atom. The highest BCUT2D eigenvalue weighted by Crippen LogP contribution is 2.43. The summed E-state index contributed by atoms with van der Waals surface area (Å²) in [6, 6.07) is 4.57. The molecule has 2 unspecified atom stereocenters. The molecule has 2 atom stereocenters. The van der Waals surface area contributed by atoms with E-state index in [1.807, 2.05) is 0 Å². The highest BCUT2D eigenvalue weighted by molar-refractivity contribution is 7.27. The molecule has 0 radical (unpaired) electrons. The van der Waals surface area contributed by atoms with Gasteiger partial charge in [0.05, 0.1) is 4.88 Å². The molecule has 5 heteroatoms. The first-order chi connectivity index (χ1) is 10.3. The maximum atomic E-state index is 12.6. The number of thiophene rings is 2. The van der Waals surface area contributed by atoms with Gasteiger partial charge in [-0.05, 0) is 48.1 Å². The molecule has 1 amide bonds. The van der Waals surface area contributed by atoms with E-state index in [4.69, 9.17) is 0 Å². The zero-order chi connectivity index (χ0) is 14.0. The van der Waals surface area contributed by atoms with Crippen LogP contribution in [0.5, 0.6) is 0 Å². The van der Waals surface area contributed by atoms with Crippen LogP contribution in [0, 0.1) is 17.8 Å². The van der Waals surface area contributed by atoms with Gasteiger partial charge in [0.2, 0.25) is 0 Å². The van der Waals surface area contributed by atoms with Gasteiger partial charge in [0.1, 0.15) is 0 Å². The minimum absolute atomic E-state index is 0.149. The monoisotopic (exact) mass is 318 g/mol. The molecule has 1 saturated carbocycles. The lowest BCUT2D eigenvalue weighted by molar-refractivity contribution is -0.0418. The number of fused-ring (bicyclic) bond motifs is 1. The molecule has 2 aromatic rings. The van der Waals surface area contributed by atoms with Crippen molar-refractivity contribution in [3.8, 4) is 0 Å². The van der Waals surface area contributed by atoms with Crippen molar-refractivity contribution in [1.82, 2.24) is 10.2 Å². The van der Waals surface area contributed by atoms with Crippen molar-refractivity contribution in [1.29, 1.82) is 0 Å². The van der Waals surface area contributed by atoms with Gasteiger partial charge in [-0.3, -0.25) is 4.79 Å². The van der Waals surface area contributed by atoms with E-state index in [0.29, 0.717) is 17.9 Å². The molecule has 1 N–H and O–H groups in total. The Hall–Kier alpha value is -0.910. The van der Waals surface area contributed by atoms with Crippen molar-refractivity contribution in [3.63, 3.8) is 0 Å². The molecule has 21 heavy (non-hydrogen) atoms. The third kappa shape index (κ3) is 1.98. The quantitative estimate of drug-likeness (QED) is 0.923. The highest BCUT2D eigenvalue weighted by Gasteiger charge is 2.47. The number of rotatable bonds is 2. The number of carbonyl (C=O) groups is 1. The van der Waals surface area contributed by atoms with Crippen LogP contribution in [0.4, 0.5) is 0 Å². The van der Waals surface area contributed by atoms with Crippen LogP contribution in [0.15, 0.2) is 17.5 Å². The van der Waals surface area contributed by atoms with Crippen LogP contribution in [-0.4, -0.2) is 36.5 Å². The number of hydrogen-bond donors (Lipinski definition) is 1. The minimum Gasteiger partial charge on any atom is -0.348 e. The molecule has 5 heterocycles. The Morgan fingerprint density at radius 2 is 2.00 bits per heavy atom. The van der Waals surface area contributed by atoms with Crippen LogP contribution < -0.4 is 5.32 Å². The summed E-state index contributed by atoms with van der Waals surface area (Å²) >= 11 is 3.34. The lowest BCUT2D eigenvalue weighted by atomic mass is 9.65. The highest BCUT2D eigenvalue weighted by atomic mass is 32.1. The Balaban J connectivity index is 1.37. The number of amides is 1. The summed E-state index contributed by atoms with van der Waals surface area (Å²) in [5.74, 6) is 2.40. The second kappa shape index (κ2) is 4.54. The first-order valence-corrected chi connectivity index (χ1v) is 9.46. The van der Waals surface area contributed by atoms with Crippen LogP contribution in [0.2, 0.25) is 0 Å². The largest absolute Gasteiger partial charge is 0.348 e. The molecule has 0 aromatic carbocycles. The average molecular weight is 318 g/mol. The molecule has 4 fully saturated rings. The molecule has 6 rings (SSSR count). The van der Waals surface area contributed by atoms with E-state index < -0.39 is 0 Å². The summed E-state index contributed by atoms with van der Waals surface area (Å²) in [5.41, 5.74) is 0. The number of carbonyl (C=O) groups excluding carboxylic acids is 1.